The van der Waals surface area contributed by atoms with Crippen molar-refractivity contribution in [2.45, 2.75) is 32.2 Å². The fourth-order valence-corrected chi connectivity index (χ4v) is 5.74. The molecular weight excluding hydrogens is 600 g/mol. The normalized spacial score (nSPS) is 14.0. The smallest absolute Gasteiger partial charge is 0.409 e. The maximum absolute atomic E-state index is 13.6. The van der Waals surface area contributed by atoms with Crippen LogP contribution in [0.5, 0.6) is 5.75 Å². The molecule has 0 fully saturated rings. The zero-order valence-corrected chi connectivity index (χ0v) is 25.2. The molecule has 6 rings (SSSR count). The van der Waals surface area contributed by atoms with E-state index in [0.29, 0.717) is 68.0 Å². The zero-order chi connectivity index (χ0) is 31.3. The van der Waals surface area contributed by atoms with Crippen LogP contribution >= 0.6 is 11.6 Å². The number of nitrogens with two attached hydrogens (primary N) is 1. The number of amides is 1. The molecule has 3 aromatic heterocycles. The van der Waals surface area contributed by atoms with Crippen molar-refractivity contribution in [2.24, 2.45) is 5.73 Å². The van der Waals surface area contributed by atoms with Crippen molar-refractivity contribution in [1.82, 2.24) is 34.7 Å². The minimum absolute atomic E-state index is 0.148. The molecule has 0 aliphatic carbocycles. The van der Waals surface area contributed by atoms with E-state index in [4.69, 9.17) is 31.5 Å². The molecule has 0 bridgehead atoms. The van der Waals surface area contributed by atoms with Gasteiger partial charge in [0.25, 0.3) is 5.56 Å². The summed E-state index contributed by atoms with van der Waals surface area (Å²) in [5.74, 6) is 1.04. The Morgan fingerprint density at radius 2 is 1.96 bits per heavy atom. The summed E-state index contributed by atoms with van der Waals surface area (Å²) in [5.41, 5.74) is 10.6. The van der Waals surface area contributed by atoms with Gasteiger partial charge in [-0.2, -0.15) is 4.68 Å². The molecule has 45 heavy (non-hydrogen) atoms. The molecule has 0 saturated heterocycles. The first-order valence-electron chi connectivity index (χ1n) is 14.5. The number of aryl methyl sites for hydroxylation is 1. The number of aromatic amines is 1. The lowest BCUT2D eigenvalue weighted by molar-refractivity contribution is 0.0540. The lowest BCUT2D eigenvalue weighted by Crippen LogP contribution is -2.23. The van der Waals surface area contributed by atoms with Gasteiger partial charge in [-0.3, -0.25) is 4.79 Å². The van der Waals surface area contributed by atoms with Gasteiger partial charge in [0.15, 0.2) is 0 Å². The number of rotatable bonds is 12. The van der Waals surface area contributed by atoms with E-state index in [9.17, 15) is 9.59 Å². The third-order valence-corrected chi connectivity index (χ3v) is 7.82. The van der Waals surface area contributed by atoms with E-state index >= 15 is 0 Å². The lowest BCUT2D eigenvalue weighted by Gasteiger charge is -2.15. The van der Waals surface area contributed by atoms with Crippen LogP contribution < -0.4 is 16.0 Å². The van der Waals surface area contributed by atoms with Gasteiger partial charge in [-0.05, 0) is 90.2 Å². The lowest BCUT2D eigenvalue weighted by atomic mass is 10.0. The number of pyridine rings is 1. The number of fused-ring (bicyclic) bond motifs is 1. The number of nitrogens with zero attached hydrogens (tertiary/aromatic N) is 6. The molecule has 0 unspecified atom stereocenters. The molecule has 5 aromatic rings. The van der Waals surface area contributed by atoms with E-state index in [2.05, 4.69) is 25.5 Å². The third kappa shape index (κ3) is 6.65. The second-order valence-corrected chi connectivity index (χ2v) is 10.8. The summed E-state index contributed by atoms with van der Waals surface area (Å²) in [7, 11) is 0. The molecule has 1 amide bonds. The van der Waals surface area contributed by atoms with Gasteiger partial charge in [-0.15, -0.1) is 5.10 Å². The number of benzene rings is 2. The number of ether oxygens (including phenoxy) is 3. The molecule has 232 valence electrons. The van der Waals surface area contributed by atoms with Crippen molar-refractivity contribution in [3.05, 3.63) is 93.5 Å². The summed E-state index contributed by atoms with van der Waals surface area (Å²) < 4.78 is 19.5. The summed E-state index contributed by atoms with van der Waals surface area (Å²) in [4.78, 5) is 33.1. The van der Waals surface area contributed by atoms with Crippen molar-refractivity contribution in [3.63, 3.8) is 0 Å². The van der Waals surface area contributed by atoms with Gasteiger partial charge in [-0.25, -0.2) is 9.78 Å². The van der Waals surface area contributed by atoms with Crippen molar-refractivity contribution in [2.75, 3.05) is 26.4 Å². The standard InChI is InChI=1S/C31H31ClN8O5/c1-2-43-11-12-44-10-9-20-13-19(3-8-28(20)45-31(33)42)25-17-34-30(36-25)27-7-5-23-14-21(15-29(41)40(23)27)24-16-22(32)4-6-26(24)39-18-35-37-38-39/h3-4,6,8,13-18,27H,2,5,7,9-12H2,1H3,(H2,33,42)(H,34,36)/t27-/m0/s1. The first kappa shape index (κ1) is 30.2. The van der Waals surface area contributed by atoms with E-state index in [-0.39, 0.29) is 11.6 Å². The number of nitrogens with one attached hydrogen (secondary N) is 1. The molecule has 1 aliphatic heterocycles. The van der Waals surface area contributed by atoms with Crippen molar-refractivity contribution in [1.29, 1.82) is 0 Å². The van der Waals surface area contributed by atoms with E-state index in [1.807, 2.05) is 31.2 Å². The monoisotopic (exact) mass is 630 g/mol. The number of aromatic nitrogens is 7. The van der Waals surface area contributed by atoms with E-state index in [0.717, 1.165) is 33.6 Å². The molecule has 0 radical (unpaired) electrons. The van der Waals surface area contributed by atoms with Crippen LogP contribution in [0.4, 0.5) is 4.79 Å². The molecule has 1 aliphatic rings. The SMILES string of the molecule is CCOCCOCCc1cc(-c2cnc([C@@H]3CCc4cc(-c5cc(Cl)ccc5-n5cnnn5)cc(=O)n43)[nH]2)ccc1OC(N)=O. The number of imidazole rings is 1. The van der Waals surface area contributed by atoms with Crippen molar-refractivity contribution >= 4 is 17.7 Å². The number of tetrazole rings is 1. The Morgan fingerprint density at radius 1 is 1.09 bits per heavy atom. The molecular formula is C31H31ClN8O5. The highest BCUT2D eigenvalue weighted by Crippen LogP contribution is 2.35. The first-order valence-corrected chi connectivity index (χ1v) is 14.9. The summed E-state index contributed by atoms with van der Waals surface area (Å²) in [5, 5.41) is 12.0. The third-order valence-electron chi connectivity index (χ3n) is 7.58. The molecule has 3 N–H and O–H groups in total. The van der Waals surface area contributed by atoms with Gasteiger partial charge in [0.05, 0.1) is 43.4 Å². The summed E-state index contributed by atoms with van der Waals surface area (Å²) in [6.07, 6.45) is 4.24. The van der Waals surface area contributed by atoms with E-state index in [1.54, 1.807) is 35.0 Å². The molecule has 14 heteroatoms. The number of carbonyl (C=O) groups excluding carboxylic acids is 1. The number of halogens is 1. The van der Waals surface area contributed by atoms with Crippen LogP contribution in [0.3, 0.4) is 0 Å². The van der Waals surface area contributed by atoms with Crippen LogP contribution in [0.15, 0.2) is 65.8 Å². The Morgan fingerprint density at radius 3 is 2.76 bits per heavy atom. The average molecular weight is 631 g/mol. The topological polar surface area (TPSA) is 165 Å². The van der Waals surface area contributed by atoms with Crippen LogP contribution in [0, 0.1) is 0 Å². The molecule has 4 heterocycles. The largest absolute Gasteiger partial charge is 0.410 e. The number of carbonyl (C=O) groups is 1. The highest BCUT2D eigenvalue weighted by Gasteiger charge is 2.28. The second kappa shape index (κ2) is 13.4. The van der Waals surface area contributed by atoms with E-state index < -0.39 is 6.09 Å². The molecule has 0 saturated carbocycles. The Kier molecular flexibility index (Phi) is 9.01. The average Bonchev–Trinajstić information content (AvgIpc) is 3.81. The van der Waals surface area contributed by atoms with E-state index in [1.165, 1.54) is 11.0 Å². The predicted octanol–water partition coefficient (Wildman–Crippen LogP) is 4.12. The molecule has 0 spiro atoms. The van der Waals surface area contributed by atoms with Gasteiger partial charge >= 0.3 is 6.09 Å². The second-order valence-electron chi connectivity index (χ2n) is 10.4. The first-order chi connectivity index (χ1) is 21.9. The number of primary amides is 1. The van der Waals surface area contributed by atoms with Gasteiger partial charge in [0, 0.05) is 34.5 Å². The molecule has 2 aromatic carbocycles. The Hall–Kier alpha value is -4.85. The van der Waals surface area contributed by atoms with Gasteiger partial charge in [0.2, 0.25) is 0 Å². The predicted molar refractivity (Wildman–Crippen MR) is 166 cm³/mol. The Balaban J connectivity index is 1.25. The Bertz CT molecular complexity index is 1870. The highest BCUT2D eigenvalue weighted by atomic mass is 35.5. The van der Waals surface area contributed by atoms with Gasteiger partial charge in [0.1, 0.15) is 17.9 Å². The quantitative estimate of drug-likeness (QED) is 0.193. The summed E-state index contributed by atoms with van der Waals surface area (Å²) >= 11 is 6.33. The number of hydrogen-bond acceptors (Lipinski definition) is 9. The molecule has 1 atom stereocenters. The van der Waals surface area contributed by atoms with Crippen LogP contribution in [-0.2, 0) is 22.3 Å². The fourth-order valence-electron chi connectivity index (χ4n) is 5.57. The van der Waals surface area contributed by atoms with Crippen molar-refractivity contribution in [3.8, 4) is 33.8 Å². The molecule has 13 nitrogen and oxygen atoms in total. The minimum atomic E-state index is -0.888. The number of H-pyrrole nitrogens is 1. The van der Waals surface area contributed by atoms with Crippen LogP contribution in [0.25, 0.3) is 28.1 Å². The fraction of sp³-hybridized carbons (Fsp3) is 0.290. The van der Waals surface area contributed by atoms with Gasteiger partial charge in [-0.1, -0.05) is 11.6 Å². The highest BCUT2D eigenvalue weighted by molar-refractivity contribution is 6.31. The van der Waals surface area contributed by atoms with Crippen LogP contribution in [-0.4, -0.2) is 67.3 Å². The van der Waals surface area contributed by atoms with Crippen LogP contribution in [0.1, 0.15) is 36.5 Å². The maximum Gasteiger partial charge on any atom is 0.409 e. The summed E-state index contributed by atoms with van der Waals surface area (Å²) in [6.45, 7) is 3.94. The van der Waals surface area contributed by atoms with Gasteiger partial charge < -0.3 is 29.5 Å². The zero-order valence-electron chi connectivity index (χ0n) is 24.5. The van der Waals surface area contributed by atoms with Crippen LogP contribution in [0.2, 0.25) is 5.02 Å². The summed E-state index contributed by atoms with van der Waals surface area (Å²) in [6, 6.07) is 14.2. The maximum atomic E-state index is 13.6. The van der Waals surface area contributed by atoms with Crippen molar-refractivity contribution < 1.29 is 19.0 Å². The minimum Gasteiger partial charge on any atom is -0.410 e. The number of hydrogen-bond donors (Lipinski definition) is 2. The Labute approximate surface area is 262 Å².